The maximum atomic E-state index is 11.9. The Hall–Kier alpha value is -2.50. The monoisotopic (exact) mass is 390 g/mol. The van der Waals surface area contributed by atoms with Gasteiger partial charge in [-0.05, 0) is 38.7 Å². The van der Waals surface area contributed by atoms with Gasteiger partial charge in [0.15, 0.2) is 0 Å². The molecule has 1 aliphatic heterocycles. The number of phenols is 1. The van der Waals surface area contributed by atoms with E-state index >= 15 is 0 Å². The van der Waals surface area contributed by atoms with Crippen molar-refractivity contribution in [3.8, 4) is 11.5 Å². The molecule has 6 heteroatoms. The third kappa shape index (κ3) is 5.06. The zero-order chi connectivity index (χ0) is 20.7. The van der Waals surface area contributed by atoms with Gasteiger partial charge in [-0.25, -0.2) is 4.79 Å². The van der Waals surface area contributed by atoms with Gasteiger partial charge in [0, 0.05) is 17.5 Å². The average Bonchev–Trinajstić information content (AvgIpc) is 3.07. The standard InChI is InChI=1S/C22H30O6/c1-5-6-7-12-27-18(23)11-9-14(2)8-10-16-20(24)19-17(13-28-22(19)25)15(3)21(16)26-4/h8,24H,5-7,9-13H2,1-4H3. The van der Waals surface area contributed by atoms with Crippen LogP contribution in [0.2, 0.25) is 0 Å². The van der Waals surface area contributed by atoms with Crippen LogP contribution in [0.25, 0.3) is 0 Å². The lowest BCUT2D eigenvalue weighted by molar-refractivity contribution is -0.143. The Kier molecular flexibility index (Phi) is 7.91. The summed E-state index contributed by atoms with van der Waals surface area (Å²) in [4.78, 5) is 23.7. The van der Waals surface area contributed by atoms with Crippen LogP contribution in [-0.2, 0) is 27.3 Å². The summed E-state index contributed by atoms with van der Waals surface area (Å²) >= 11 is 0. The summed E-state index contributed by atoms with van der Waals surface area (Å²) in [5.41, 5.74) is 3.27. The predicted molar refractivity (Wildman–Crippen MR) is 106 cm³/mol. The first-order valence-electron chi connectivity index (χ1n) is 9.80. The molecule has 0 saturated carbocycles. The van der Waals surface area contributed by atoms with E-state index in [0.29, 0.717) is 42.7 Å². The van der Waals surface area contributed by atoms with Gasteiger partial charge < -0.3 is 19.3 Å². The third-order valence-electron chi connectivity index (χ3n) is 5.04. The Morgan fingerprint density at radius 1 is 1.29 bits per heavy atom. The number of cyclic esters (lactones) is 1. The number of hydrogen-bond acceptors (Lipinski definition) is 6. The van der Waals surface area contributed by atoms with Crippen molar-refractivity contribution in [2.75, 3.05) is 13.7 Å². The van der Waals surface area contributed by atoms with Crippen LogP contribution in [0.1, 0.15) is 73.0 Å². The first-order chi connectivity index (χ1) is 13.4. The van der Waals surface area contributed by atoms with Crippen LogP contribution in [0.15, 0.2) is 11.6 Å². The van der Waals surface area contributed by atoms with E-state index in [1.807, 2.05) is 19.9 Å². The molecule has 0 fully saturated rings. The number of fused-ring (bicyclic) bond motifs is 1. The smallest absolute Gasteiger partial charge is 0.342 e. The molecule has 1 heterocycles. The molecule has 28 heavy (non-hydrogen) atoms. The number of hydrogen-bond donors (Lipinski definition) is 1. The number of esters is 2. The van der Waals surface area contributed by atoms with Crippen LogP contribution in [0.3, 0.4) is 0 Å². The van der Waals surface area contributed by atoms with Gasteiger partial charge in [-0.3, -0.25) is 4.79 Å². The topological polar surface area (TPSA) is 82.1 Å². The van der Waals surface area contributed by atoms with Gasteiger partial charge >= 0.3 is 11.9 Å². The second-order valence-electron chi connectivity index (χ2n) is 7.10. The lowest BCUT2D eigenvalue weighted by Gasteiger charge is -2.15. The van der Waals surface area contributed by atoms with Crippen molar-refractivity contribution in [1.29, 1.82) is 0 Å². The lowest BCUT2D eigenvalue weighted by Crippen LogP contribution is -2.06. The fraction of sp³-hybridized carbons (Fsp3) is 0.545. The molecule has 0 amide bonds. The van der Waals surface area contributed by atoms with Gasteiger partial charge in [0.05, 0.1) is 13.7 Å². The maximum absolute atomic E-state index is 11.9. The molecule has 0 saturated heterocycles. The summed E-state index contributed by atoms with van der Waals surface area (Å²) < 4.78 is 15.8. The fourth-order valence-electron chi connectivity index (χ4n) is 3.32. The van der Waals surface area contributed by atoms with E-state index in [9.17, 15) is 14.7 Å². The first kappa shape index (κ1) is 21.8. The Labute approximate surface area is 166 Å². The van der Waals surface area contributed by atoms with E-state index in [1.54, 1.807) is 7.11 Å². The van der Waals surface area contributed by atoms with E-state index in [-0.39, 0.29) is 23.9 Å². The number of phenolic OH excluding ortho intramolecular Hbond substituents is 1. The summed E-state index contributed by atoms with van der Waals surface area (Å²) in [5, 5.41) is 10.6. The number of carbonyl (C=O) groups excluding carboxylic acids is 2. The van der Waals surface area contributed by atoms with E-state index in [1.165, 1.54) is 0 Å². The van der Waals surface area contributed by atoms with Crippen molar-refractivity contribution in [1.82, 2.24) is 0 Å². The number of ether oxygens (including phenoxy) is 3. The van der Waals surface area contributed by atoms with Gasteiger partial charge in [0.1, 0.15) is 23.7 Å². The van der Waals surface area contributed by atoms with E-state index < -0.39 is 5.97 Å². The molecule has 0 spiro atoms. The molecule has 0 aromatic heterocycles. The number of unbranched alkanes of at least 4 members (excludes halogenated alkanes) is 2. The number of rotatable bonds is 10. The predicted octanol–water partition coefficient (Wildman–Crippen LogP) is 4.38. The zero-order valence-electron chi connectivity index (χ0n) is 17.2. The van der Waals surface area contributed by atoms with E-state index in [2.05, 4.69) is 6.92 Å². The molecular formula is C22H30O6. The fourth-order valence-corrected chi connectivity index (χ4v) is 3.32. The highest BCUT2D eigenvalue weighted by Crippen LogP contribution is 2.42. The van der Waals surface area contributed by atoms with Gasteiger partial charge in [-0.15, -0.1) is 0 Å². The minimum absolute atomic E-state index is 0.0840. The second kappa shape index (κ2) is 10.2. The molecule has 1 N–H and O–H groups in total. The normalized spacial score (nSPS) is 13.3. The van der Waals surface area contributed by atoms with Crippen LogP contribution in [0, 0.1) is 6.92 Å². The highest BCUT2D eigenvalue weighted by molar-refractivity contribution is 5.98. The van der Waals surface area contributed by atoms with Crippen LogP contribution in [0.5, 0.6) is 11.5 Å². The molecule has 6 nitrogen and oxygen atoms in total. The van der Waals surface area contributed by atoms with Gasteiger partial charge in [-0.1, -0.05) is 31.4 Å². The van der Waals surface area contributed by atoms with Crippen molar-refractivity contribution < 1.29 is 28.9 Å². The minimum atomic E-state index is -0.508. The second-order valence-corrected chi connectivity index (χ2v) is 7.10. The van der Waals surface area contributed by atoms with Gasteiger partial charge in [0.25, 0.3) is 0 Å². The van der Waals surface area contributed by atoms with Crippen LogP contribution < -0.4 is 4.74 Å². The largest absolute Gasteiger partial charge is 0.507 e. The molecule has 2 rings (SSSR count). The third-order valence-corrected chi connectivity index (χ3v) is 5.04. The molecule has 1 aromatic carbocycles. The van der Waals surface area contributed by atoms with Gasteiger partial charge in [-0.2, -0.15) is 0 Å². The first-order valence-corrected chi connectivity index (χ1v) is 9.80. The maximum Gasteiger partial charge on any atom is 0.342 e. The summed E-state index contributed by atoms with van der Waals surface area (Å²) in [5.74, 6) is -0.223. The number of methoxy groups -OCH3 is 1. The molecule has 0 bridgehead atoms. The summed E-state index contributed by atoms with van der Waals surface area (Å²) in [6.07, 6.45) is 6.30. The number of allylic oxidation sites excluding steroid dienone is 2. The Balaban J connectivity index is 2.03. The number of aromatic hydroxyl groups is 1. The van der Waals surface area contributed by atoms with Crippen molar-refractivity contribution in [3.63, 3.8) is 0 Å². The van der Waals surface area contributed by atoms with Crippen molar-refractivity contribution in [3.05, 3.63) is 33.9 Å². The SMILES string of the molecule is CCCCCOC(=O)CCC(C)=CCc1c(O)c2c(c(C)c1OC)COC2=O. The lowest BCUT2D eigenvalue weighted by atomic mass is 9.94. The van der Waals surface area contributed by atoms with Crippen LogP contribution in [-0.4, -0.2) is 30.8 Å². The molecule has 0 atom stereocenters. The molecule has 1 aromatic rings. The number of benzene rings is 1. The van der Waals surface area contributed by atoms with Crippen molar-refractivity contribution in [2.45, 2.75) is 65.9 Å². The highest BCUT2D eigenvalue weighted by atomic mass is 16.5. The van der Waals surface area contributed by atoms with E-state index in [4.69, 9.17) is 14.2 Å². The molecule has 0 radical (unpaired) electrons. The minimum Gasteiger partial charge on any atom is -0.507 e. The highest BCUT2D eigenvalue weighted by Gasteiger charge is 2.31. The Morgan fingerprint density at radius 3 is 2.71 bits per heavy atom. The molecule has 0 unspecified atom stereocenters. The molecule has 1 aliphatic rings. The van der Waals surface area contributed by atoms with E-state index in [0.717, 1.165) is 30.4 Å². The van der Waals surface area contributed by atoms with Crippen molar-refractivity contribution in [2.24, 2.45) is 0 Å². The van der Waals surface area contributed by atoms with Crippen molar-refractivity contribution >= 4 is 11.9 Å². The summed E-state index contributed by atoms with van der Waals surface area (Å²) in [7, 11) is 1.54. The average molecular weight is 390 g/mol. The summed E-state index contributed by atoms with van der Waals surface area (Å²) in [6.45, 7) is 6.52. The van der Waals surface area contributed by atoms with Crippen LogP contribution in [0.4, 0.5) is 0 Å². The summed E-state index contributed by atoms with van der Waals surface area (Å²) in [6, 6.07) is 0. The zero-order valence-corrected chi connectivity index (χ0v) is 17.2. The molecule has 0 aliphatic carbocycles. The molecular weight excluding hydrogens is 360 g/mol. The molecule has 154 valence electrons. The van der Waals surface area contributed by atoms with Gasteiger partial charge in [0.2, 0.25) is 0 Å². The van der Waals surface area contributed by atoms with Crippen LogP contribution >= 0.6 is 0 Å². The number of carbonyl (C=O) groups is 2. The quantitative estimate of drug-likeness (QED) is 0.363. The Bertz CT molecular complexity index is 763. The Morgan fingerprint density at radius 2 is 2.04 bits per heavy atom.